The number of hydrogen-bond acceptors (Lipinski definition) is 4. The molecular weight excluding hydrogens is 334 g/mol. The first-order chi connectivity index (χ1) is 13.2. The summed E-state index contributed by atoms with van der Waals surface area (Å²) in [7, 11) is 0. The Labute approximate surface area is 161 Å². The molecule has 0 aliphatic carbocycles. The molecule has 1 fully saturated rings. The molecule has 4 rings (SSSR count). The lowest BCUT2D eigenvalue weighted by Crippen LogP contribution is -2.34. The van der Waals surface area contributed by atoms with E-state index in [9.17, 15) is 0 Å². The predicted molar refractivity (Wildman–Crippen MR) is 107 cm³/mol. The average molecular weight is 361 g/mol. The molecule has 1 aromatic carbocycles. The van der Waals surface area contributed by atoms with Crippen molar-refractivity contribution in [3.63, 3.8) is 0 Å². The van der Waals surface area contributed by atoms with Crippen LogP contribution >= 0.6 is 0 Å². The van der Waals surface area contributed by atoms with Gasteiger partial charge in [-0.15, -0.1) is 0 Å². The third-order valence-corrected chi connectivity index (χ3v) is 5.26. The monoisotopic (exact) mass is 361 g/mol. The highest BCUT2D eigenvalue weighted by Gasteiger charge is 2.26. The second-order valence-electron chi connectivity index (χ2n) is 7.64. The molecule has 0 radical (unpaired) electrons. The highest BCUT2D eigenvalue weighted by atomic mass is 15.2. The number of piperidine rings is 1. The molecule has 1 atom stereocenters. The Balaban J connectivity index is 1.59. The number of likely N-dealkylation sites (tertiary alicyclic amines) is 1. The maximum atomic E-state index is 4.76. The molecule has 27 heavy (non-hydrogen) atoms. The number of benzene rings is 1. The summed E-state index contributed by atoms with van der Waals surface area (Å²) < 4.78 is 2.11. The summed E-state index contributed by atoms with van der Waals surface area (Å²) in [4.78, 5) is 16.5. The van der Waals surface area contributed by atoms with Crippen LogP contribution in [-0.2, 0) is 6.54 Å². The molecule has 0 spiro atoms. The van der Waals surface area contributed by atoms with Gasteiger partial charge in [-0.05, 0) is 24.9 Å². The van der Waals surface area contributed by atoms with Gasteiger partial charge in [0.25, 0.3) is 0 Å². The molecule has 5 heteroatoms. The van der Waals surface area contributed by atoms with Gasteiger partial charge in [-0.2, -0.15) is 0 Å². The van der Waals surface area contributed by atoms with E-state index in [0.717, 1.165) is 43.4 Å². The van der Waals surface area contributed by atoms with Gasteiger partial charge in [-0.3, -0.25) is 14.5 Å². The first-order valence-electron chi connectivity index (χ1n) is 9.83. The molecule has 140 valence electrons. The lowest BCUT2D eigenvalue weighted by atomic mass is 9.93. The van der Waals surface area contributed by atoms with Crippen LogP contribution in [0.15, 0.2) is 55.1 Å². The van der Waals surface area contributed by atoms with Crippen LogP contribution in [0, 0.1) is 0 Å². The van der Waals surface area contributed by atoms with E-state index in [2.05, 4.69) is 58.6 Å². The van der Waals surface area contributed by atoms with E-state index >= 15 is 0 Å². The third kappa shape index (κ3) is 3.93. The molecule has 0 bridgehead atoms. The first kappa shape index (κ1) is 17.9. The fraction of sp³-hybridized carbons (Fsp3) is 0.409. The largest absolute Gasteiger partial charge is 0.298 e. The SMILES string of the molecule is CC(C)c1nccn1-c1nccnc1[C@@H]1CCCN(Cc2ccccc2)C1. The lowest BCUT2D eigenvalue weighted by molar-refractivity contribution is 0.198. The van der Waals surface area contributed by atoms with Crippen LogP contribution in [-0.4, -0.2) is 37.5 Å². The zero-order chi connectivity index (χ0) is 18.6. The van der Waals surface area contributed by atoms with Crippen molar-refractivity contribution in [2.24, 2.45) is 0 Å². The van der Waals surface area contributed by atoms with Gasteiger partial charge in [-0.1, -0.05) is 44.2 Å². The first-order valence-corrected chi connectivity index (χ1v) is 9.83. The average Bonchev–Trinajstić information content (AvgIpc) is 3.19. The number of rotatable bonds is 5. The normalized spacial score (nSPS) is 18.1. The van der Waals surface area contributed by atoms with Crippen molar-refractivity contribution in [3.05, 3.63) is 72.2 Å². The van der Waals surface area contributed by atoms with Crippen LogP contribution in [0.4, 0.5) is 0 Å². The Hall–Kier alpha value is -2.53. The molecule has 3 heterocycles. The number of imidazole rings is 1. The van der Waals surface area contributed by atoms with Gasteiger partial charge >= 0.3 is 0 Å². The molecule has 0 amide bonds. The lowest BCUT2D eigenvalue weighted by Gasteiger charge is -2.33. The minimum Gasteiger partial charge on any atom is -0.298 e. The van der Waals surface area contributed by atoms with Crippen molar-refractivity contribution in [2.75, 3.05) is 13.1 Å². The molecule has 5 nitrogen and oxygen atoms in total. The second kappa shape index (κ2) is 8.01. The summed E-state index contributed by atoms with van der Waals surface area (Å²) in [5, 5.41) is 0. The van der Waals surface area contributed by atoms with E-state index in [0.29, 0.717) is 11.8 Å². The van der Waals surface area contributed by atoms with Crippen LogP contribution in [0.5, 0.6) is 0 Å². The number of hydrogen-bond donors (Lipinski definition) is 0. The van der Waals surface area contributed by atoms with Crippen molar-refractivity contribution in [1.82, 2.24) is 24.4 Å². The minimum atomic E-state index is 0.343. The van der Waals surface area contributed by atoms with Gasteiger partial charge in [0.1, 0.15) is 5.82 Å². The highest BCUT2D eigenvalue weighted by molar-refractivity contribution is 5.33. The molecule has 1 aliphatic heterocycles. The Bertz CT molecular complexity index is 871. The van der Waals surface area contributed by atoms with Crippen molar-refractivity contribution >= 4 is 0 Å². The zero-order valence-electron chi connectivity index (χ0n) is 16.1. The summed E-state index contributed by atoms with van der Waals surface area (Å²) in [6.07, 6.45) is 9.81. The fourth-order valence-corrected chi connectivity index (χ4v) is 4.00. The van der Waals surface area contributed by atoms with Crippen molar-refractivity contribution in [2.45, 2.75) is 45.1 Å². The second-order valence-corrected chi connectivity index (χ2v) is 7.64. The van der Waals surface area contributed by atoms with Gasteiger partial charge in [-0.25, -0.2) is 9.97 Å². The summed E-state index contributed by atoms with van der Waals surface area (Å²) in [5.74, 6) is 2.71. The predicted octanol–water partition coefficient (Wildman–Crippen LogP) is 4.17. The van der Waals surface area contributed by atoms with E-state index in [4.69, 9.17) is 9.97 Å². The summed E-state index contributed by atoms with van der Waals surface area (Å²) in [6, 6.07) is 10.7. The molecule has 1 aliphatic rings. The van der Waals surface area contributed by atoms with Gasteiger partial charge < -0.3 is 0 Å². The molecular formula is C22H27N5. The summed E-state index contributed by atoms with van der Waals surface area (Å²) in [5.41, 5.74) is 2.46. The zero-order valence-corrected chi connectivity index (χ0v) is 16.1. The maximum absolute atomic E-state index is 4.76. The van der Waals surface area contributed by atoms with Crippen LogP contribution in [0.2, 0.25) is 0 Å². The fourth-order valence-electron chi connectivity index (χ4n) is 4.00. The topological polar surface area (TPSA) is 46.8 Å². The van der Waals surface area contributed by atoms with E-state index < -0.39 is 0 Å². The van der Waals surface area contributed by atoms with Crippen LogP contribution < -0.4 is 0 Å². The Kier molecular flexibility index (Phi) is 5.30. The standard InChI is InChI=1S/C22H27N5/c1-17(2)21-25-12-14-27(21)22-20(23-10-11-24-22)19-9-6-13-26(16-19)15-18-7-4-3-5-8-18/h3-5,7-8,10-12,14,17,19H,6,9,13,15-16H2,1-2H3/t19-/m1/s1. The Morgan fingerprint density at radius 2 is 1.85 bits per heavy atom. The van der Waals surface area contributed by atoms with Crippen molar-refractivity contribution in [3.8, 4) is 5.82 Å². The van der Waals surface area contributed by atoms with E-state index in [1.165, 1.54) is 12.0 Å². The third-order valence-electron chi connectivity index (χ3n) is 5.26. The van der Waals surface area contributed by atoms with Gasteiger partial charge in [0.15, 0.2) is 5.82 Å². The van der Waals surface area contributed by atoms with Crippen LogP contribution in [0.1, 0.15) is 55.6 Å². The number of aromatic nitrogens is 4. The van der Waals surface area contributed by atoms with Crippen molar-refractivity contribution in [1.29, 1.82) is 0 Å². The smallest absolute Gasteiger partial charge is 0.160 e. The summed E-state index contributed by atoms with van der Waals surface area (Å²) >= 11 is 0. The quantitative estimate of drug-likeness (QED) is 0.684. The van der Waals surface area contributed by atoms with E-state index in [1.807, 2.05) is 18.6 Å². The highest BCUT2D eigenvalue weighted by Crippen LogP contribution is 2.30. The Morgan fingerprint density at radius 3 is 2.67 bits per heavy atom. The maximum Gasteiger partial charge on any atom is 0.160 e. The van der Waals surface area contributed by atoms with E-state index in [1.54, 1.807) is 6.20 Å². The van der Waals surface area contributed by atoms with Crippen LogP contribution in [0.25, 0.3) is 5.82 Å². The van der Waals surface area contributed by atoms with Crippen molar-refractivity contribution < 1.29 is 0 Å². The van der Waals surface area contributed by atoms with Gasteiger partial charge in [0.05, 0.1) is 5.69 Å². The molecule has 2 aromatic heterocycles. The number of nitrogens with zero attached hydrogens (tertiary/aromatic N) is 5. The van der Waals surface area contributed by atoms with Gasteiger partial charge in [0.2, 0.25) is 0 Å². The molecule has 0 N–H and O–H groups in total. The molecule has 1 saturated heterocycles. The minimum absolute atomic E-state index is 0.343. The molecule has 0 unspecified atom stereocenters. The van der Waals surface area contributed by atoms with E-state index in [-0.39, 0.29) is 0 Å². The van der Waals surface area contributed by atoms with Gasteiger partial charge in [0, 0.05) is 49.7 Å². The Morgan fingerprint density at radius 1 is 1.04 bits per heavy atom. The molecule has 3 aromatic rings. The molecule has 0 saturated carbocycles. The summed E-state index contributed by atoms with van der Waals surface area (Å²) in [6.45, 7) is 7.49. The van der Waals surface area contributed by atoms with Crippen LogP contribution in [0.3, 0.4) is 0 Å².